The van der Waals surface area contributed by atoms with Crippen LogP contribution >= 0.6 is 0 Å². The molecule has 13 heteroatoms. The van der Waals surface area contributed by atoms with Gasteiger partial charge in [-0.1, -0.05) is 13.0 Å². The van der Waals surface area contributed by atoms with Crippen LogP contribution in [-0.2, 0) is 12.1 Å². The number of rotatable bonds is 5. The molecule has 184 valence electrons. The summed E-state index contributed by atoms with van der Waals surface area (Å²) in [7, 11) is 0. The van der Waals surface area contributed by atoms with E-state index in [1.54, 1.807) is 0 Å². The third-order valence-corrected chi connectivity index (χ3v) is 5.26. The molecule has 35 heavy (non-hydrogen) atoms. The van der Waals surface area contributed by atoms with E-state index in [1.807, 2.05) is 6.07 Å². The second-order valence-corrected chi connectivity index (χ2v) is 7.47. The van der Waals surface area contributed by atoms with Gasteiger partial charge in [-0.3, -0.25) is 4.79 Å². The van der Waals surface area contributed by atoms with E-state index in [0.717, 1.165) is 6.92 Å². The number of nitrogens with one attached hydrogen (secondary N) is 1. The fraction of sp³-hybridized carbons (Fsp3) is 0.273. The van der Waals surface area contributed by atoms with E-state index in [0.29, 0.717) is 17.8 Å². The molecule has 0 radical (unpaired) electrons. The number of alkyl halides is 7. The molecule has 3 rings (SSSR count). The van der Waals surface area contributed by atoms with Crippen LogP contribution in [0.25, 0.3) is 5.69 Å². The Bertz CT molecular complexity index is 1280. The summed E-state index contributed by atoms with van der Waals surface area (Å²) < 4.78 is 95.0. The van der Waals surface area contributed by atoms with Crippen LogP contribution in [0.3, 0.4) is 0 Å². The highest BCUT2D eigenvalue weighted by atomic mass is 19.4. The van der Waals surface area contributed by atoms with E-state index < -0.39 is 29.5 Å². The van der Waals surface area contributed by atoms with Gasteiger partial charge in [-0.2, -0.15) is 36.7 Å². The first-order chi connectivity index (χ1) is 16.2. The van der Waals surface area contributed by atoms with Gasteiger partial charge in [-0.25, -0.2) is 14.1 Å². The molecule has 1 heterocycles. The summed E-state index contributed by atoms with van der Waals surface area (Å²) in [5.74, 6) is -0.782. The molecular formula is C22H16F7N5O. The molecule has 0 aliphatic carbocycles. The summed E-state index contributed by atoms with van der Waals surface area (Å²) in [5.41, 5.74) is -7.25. The molecule has 0 aliphatic heterocycles. The quantitative estimate of drug-likeness (QED) is 0.467. The maximum atomic E-state index is 14.6. The first kappa shape index (κ1) is 25.7. The van der Waals surface area contributed by atoms with E-state index in [4.69, 9.17) is 0 Å². The second-order valence-electron chi connectivity index (χ2n) is 7.47. The largest absolute Gasteiger partial charge is 0.435 e. The van der Waals surface area contributed by atoms with Crippen LogP contribution in [0, 0.1) is 18.3 Å². The average molecular weight is 499 g/mol. The topological polar surface area (TPSA) is 83.6 Å². The molecule has 6 nitrogen and oxygen atoms in total. The molecule has 1 N–H and O–H groups in total. The van der Waals surface area contributed by atoms with Gasteiger partial charge in [0.05, 0.1) is 11.3 Å². The van der Waals surface area contributed by atoms with Crippen molar-refractivity contribution >= 4 is 11.6 Å². The van der Waals surface area contributed by atoms with Crippen LogP contribution in [0.1, 0.15) is 39.5 Å². The monoisotopic (exact) mass is 499 g/mol. The van der Waals surface area contributed by atoms with Crippen LogP contribution in [0.5, 0.6) is 0 Å². The van der Waals surface area contributed by atoms with Crippen molar-refractivity contribution in [1.29, 1.82) is 5.26 Å². The lowest BCUT2D eigenvalue weighted by Gasteiger charge is -2.31. The molecule has 0 saturated heterocycles. The minimum atomic E-state index is -6.26. The van der Waals surface area contributed by atoms with Crippen molar-refractivity contribution in [3.63, 3.8) is 0 Å². The first-order valence-electron chi connectivity index (χ1n) is 9.91. The predicted octanol–water partition coefficient (Wildman–Crippen LogP) is 5.55. The molecule has 0 spiro atoms. The number of nitrogens with zero attached hydrogens (tertiary/aromatic N) is 4. The van der Waals surface area contributed by atoms with Gasteiger partial charge in [0, 0.05) is 16.8 Å². The van der Waals surface area contributed by atoms with Crippen LogP contribution in [0.4, 0.5) is 36.4 Å². The normalized spacial score (nSPS) is 12.3. The Morgan fingerprint density at radius 1 is 1.09 bits per heavy atom. The fourth-order valence-corrected chi connectivity index (χ4v) is 3.49. The summed E-state index contributed by atoms with van der Waals surface area (Å²) in [4.78, 5) is 16.6. The van der Waals surface area contributed by atoms with Crippen molar-refractivity contribution in [3.8, 4) is 11.8 Å². The number of nitriles is 1. The van der Waals surface area contributed by atoms with Gasteiger partial charge >= 0.3 is 18.0 Å². The fourth-order valence-electron chi connectivity index (χ4n) is 3.49. The molecular weight excluding hydrogens is 483 g/mol. The number of halogens is 7. The molecule has 2 aromatic carbocycles. The van der Waals surface area contributed by atoms with Gasteiger partial charge in [0.15, 0.2) is 0 Å². The lowest BCUT2D eigenvalue weighted by Crippen LogP contribution is -2.50. The van der Waals surface area contributed by atoms with Gasteiger partial charge in [-0.05, 0) is 48.7 Å². The summed E-state index contributed by atoms with van der Waals surface area (Å²) in [5, 5.41) is 15.8. The number of hydrogen-bond donors (Lipinski definition) is 1. The minimum absolute atomic E-state index is 0.0126. The molecule has 0 fully saturated rings. The van der Waals surface area contributed by atoms with E-state index >= 15 is 0 Å². The summed E-state index contributed by atoms with van der Waals surface area (Å²) in [6, 6.07) is 6.76. The zero-order valence-corrected chi connectivity index (χ0v) is 18.1. The highest BCUT2D eigenvalue weighted by molar-refractivity contribution is 6.05. The van der Waals surface area contributed by atoms with Crippen LogP contribution in [-0.4, -0.2) is 33.0 Å². The lowest BCUT2D eigenvalue weighted by atomic mass is 9.89. The summed E-state index contributed by atoms with van der Waals surface area (Å²) >= 11 is 0. The smallest absolute Gasteiger partial charge is 0.321 e. The molecule has 0 aliphatic rings. The predicted molar refractivity (Wildman–Crippen MR) is 109 cm³/mol. The SMILES string of the molecule is CCc1cc(C(F)(C(F)(F)F)C(F)(F)F)cc(C)c1NC(=O)c1ccc(-n2cncn2)c(C#N)c1. The second kappa shape index (κ2) is 9.01. The number of hydrogen-bond acceptors (Lipinski definition) is 4. The van der Waals surface area contributed by atoms with Gasteiger partial charge in [-0.15, -0.1) is 0 Å². The average Bonchev–Trinajstić information content (AvgIpc) is 3.32. The number of aromatic nitrogens is 3. The van der Waals surface area contributed by atoms with Crippen molar-refractivity contribution in [3.05, 3.63) is 70.8 Å². The molecule has 0 saturated carbocycles. The number of carbonyl (C=O) groups is 1. The first-order valence-corrected chi connectivity index (χ1v) is 9.91. The molecule has 0 atom stereocenters. The van der Waals surface area contributed by atoms with Crippen molar-refractivity contribution in [2.45, 2.75) is 38.3 Å². The van der Waals surface area contributed by atoms with Crippen LogP contribution < -0.4 is 5.32 Å². The molecule has 0 unspecified atom stereocenters. The molecule has 1 amide bonds. The highest BCUT2D eigenvalue weighted by Gasteiger charge is 2.73. The van der Waals surface area contributed by atoms with E-state index in [9.17, 15) is 40.8 Å². The summed E-state index contributed by atoms with van der Waals surface area (Å²) in [6.07, 6.45) is -10.0. The van der Waals surface area contributed by atoms with Gasteiger partial charge in [0.1, 0.15) is 18.7 Å². The van der Waals surface area contributed by atoms with Gasteiger partial charge in [0.2, 0.25) is 0 Å². The van der Waals surface area contributed by atoms with Gasteiger partial charge in [0.25, 0.3) is 5.91 Å². The van der Waals surface area contributed by atoms with Crippen molar-refractivity contribution in [2.75, 3.05) is 5.32 Å². The third kappa shape index (κ3) is 4.55. The Balaban J connectivity index is 2.01. The Morgan fingerprint density at radius 2 is 1.74 bits per heavy atom. The van der Waals surface area contributed by atoms with Crippen molar-refractivity contribution in [2.24, 2.45) is 0 Å². The number of benzene rings is 2. The number of aryl methyl sites for hydroxylation is 2. The van der Waals surface area contributed by atoms with Crippen molar-refractivity contribution in [1.82, 2.24) is 14.8 Å². The number of carbonyl (C=O) groups excluding carboxylic acids is 1. The number of amides is 1. The Morgan fingerprint density at radius 3 is 2.26 bits per heavy atom. The van der Waals surface area contributed by atoms with Crippen molar-refractivity contribution < 1.29 is 35.5 Å². The summed E-state index contributed by atoms with van der Waals surface area (Å²) in [6.45, 7) is 2.58. The van der Waals surface area contributed by atoms with Gasteiger partial charge < -0.3 is 5.32 Å². The third-order valence-electron chi connectivity index (χ3n) is 5.26. The van der Waals surface area contributed by atoms with E-state index in [1.165, 1.54) is 42.5 Å². The minimum Gasteiger partial charge on any atom is -0.321 e. The lowest BCUT2D eigenvalue weighted by molar-refractivity contribution is -0.348. The number of anilines is 1. The standard InChI is InChI=1S/C22H16F7N5O/c1-3-13-8-16(20(23,21(24,25)26)22(27,28)29)6-12(2)18(13)33-19(35)14-4-5-17(15(7-14)9-30)34-11-31-10-32-34/h4-8,10-11H,3H2,1-2H3,(H,33,35). The maximum Gasteiger partial charge on any atom is 0.435 e. The Kier molecular flexibility index (Phi) is 6.61. The molecule has 1 aromatic heterocycles. The van der Waals surface area contributed by atoms with Crippen LogP contribution in [0.15, 0.2) is 43.0 Å². The Hall–Kier alpha value is -3.95. The van der Waals surface area contributed by atoms with Crippen LogP contribution in [0.2, 0.25) is 0 Å². The van der Waals surface area contributed by atoms with E-state index in [-0.39, 0.29) is 34.4 Å². The maximum absolute atomic E-state index is 14.6. The highest BCUT2D eigenvalue weighted by Crippen LogP contribution is 2.53. The zero-order chi connectivity index (χ0) is 26.2. The molecule has 0 bridgehead atoms. The zero-order valence-electron chi connectivity index (χ0n) is 18.1. The molecule has 3 aromatic rings. The van der Waals surface area contributed by atoms with E-state index in [2.05, 4.69) is 15.4 Å². The Labute approximate surface area is 194 Å².